The van der Waals surface area contributed by atoms with Crippen molar-refractivity contribution in [2.45, 2.75) is 25.3 Å². The van der Waals surface area contributed by atoms with Crippen molar-refractivity contribution < 1.29 is 9.53 Å². The van der Waals surface area contributed by atoms with Gasteiger partial charge in [-0.3, -0.25) is 9.69 Å². The van der Waals surface area contributed by atoms with Crippen LogP contribution in [-0.4, -0.2) is 62.0 Å². The summed E-state index contributed by atoms with van der Waals surface area (Å²) in [6, 6.07) is 5.91. The Balaban J connectivity index is 1.90. The van der Waals surface area contributed by atoms with Crippen LogP contribution in [0.4, 0.5) is 0 Å². The number of fused-ring (bicyclic) bond motifs is 1. The maximum absolute atomic E-state index is 13.0. The van der Waals surface area contributed by atoms with E-state index in [1.165, 1.54) is 5.56 Å². The Morgan fingerprint density at radius 3 is 2.95 bits per heavy atom. The molecule has 1 aromatic carbocycles. The lowest BCUT2D eigenvalue weighted by molar-refractivity contribution is 0.0834. The lowest BCUT2D eigenvalue weighted by Gasteiger charge is -2.28. The van der Waals surface area contributed by atoms with Crippen LogP contribution in [0.15, 0.2) is 18.2 Å². The van der Waals surface area contributed by atoms with Gasteiger partial charge in [0.1, 0.15) is 5.75 Å². The molecule has 0 bridgehead atoms. The molecule has 2 heterocycles. The van der Waals surface area contributed by atoms with E-state index in [9.17, 15) is 4.79 Å². The number of likely N-dealkylation sites (N-methyl/N-ethyl adjacent to an activating group) is 2. The van der Waals surface area contributed by atoms with Gasteiger partial charge in [0.2, 0.25) is 0 Å². The van der Waals surface area contributed by atoms with Crippen LogP contribution >= 0.6 is 0 Å². The average molecular weight is 288 g/mol. The first kappa shape index (κ1) is 14.5. The summed E-state index contributed by atoms with van der Waals surface area (Å²) < 4.78 is 5.81. The monoisotopic (exact) mass is 288 g/mol. The van der Waals surface area contributed by atoms with E-state index >= 15 is 0 Å². The number of ketones is 1. The van der Waals surface area contributed by atoms with Crippen LogP contribution in [-0.2, 0) is 6.42 Å². The molecule has 21 heavy (non-hydrogen) atoms. The molecule has 2 aliphatic heterocycles. The van der Waals surface area contributed by atoms with Crippen molar-refractivity contribution in [3.05, 3.63) is 29.3 Å². The Morgan fingerprint density at radius 2 is 2.10 bits per heavy atom. The van der Waals surface area contributed by atoms with Crippen molar-refractivity contribution in [1.82, 2.24) is 9.80 Å². The molecule has 0 saturated carbocycles. The summed E-state index contributed by atoms with van der Waals surface area (Å²) in [4.78, 5) is 17.5. The number of Topliss-reactive ketones (excluding diaryl/α,β-unsaturated/α-hetero) is 1. The Hall–Kier alpha value is -1.39. The molecule has 4 heteroatoms. The van der Waals surface area contributed by atoms with Gasteiger partial charge in [0.15, 0.2) is 5.78 Å². The summed E-state index contributed by atoms with van der Waals surface area (Å²) in [6.07, 6.45) is 3.16. The SMILES string of the molecule is CN1CCCN(C)C(C(=O)c2cccc3c2OCCC3)C1. The van der Waals surface area contributed by atoms with Crippen LogP contribution < -0.4 is 4.74 Å². The van der Waals surface area contributed by atoms with Gasteiger partial charge in [0.25, 0.3) is 0 Å². The van der Waals surface area contributed by atoms with Crippen LogP contribution in [0.5, 0.6) is 5.75 Å². The number of hydrogen-bond acceptors (Lipinski definition) is 4. The van der Waals surface area contributed by atoms with Gasteiger partial charge in [0, 0.05) is 6.54 Å². The highest BCUT2D eigenvalue weighted by Gasteiger charge is 2.30. The van der Waals surface area contributed by atoms with Gasteiger partial charge in [-0.05, 0) is 58.1 Å². The third kappa shape index (κ3) is 2.97. The molecule has 1 unspecified atom stereocenters. The molecular weight excluding hydrogens is 264 g/mol. The quantitative estimate of drug-likeness (QED) is 0.777. The predicted molar refractivity (Wildman–Crippen MR) is 83.1 cm³/mol. The number of ether oxygens (including phenoxy) is 1. The van der Waals surface area contributed by atoms with Gasteiger partial charge < -0.3 is 9.64 Å². The zero-order valence-corrected chi connectivity index (χ0v) is 13.0. The normalized spacial score (nSPS) is 24.0. The van der Waals surface area contributed by atoms with Crippen molar-refractivity contribution in [2.24, 2.45) is 0 Å². The average Bonchev–Trinajstić information content (AvgIpc) is 2.67. The van der Waals surface area contributed by atoms with Gasteiger partial charge in [-0.2, -0.15) is 0 Å². The number of rotatable bonds is 2. The first-order valence-electron chi connectivity index (χ1n) is 7.84. The van der Waals surface area contributed by atoms with E-state index in [-0.39, 0.29) is 11.8 Å². The van der Waals surface area contributed by atoms with Crippen LogP contribution in [0, 0.1) is 0 Å². The Labute approximate surface area is 126 Å². The molecular formula is C17H24N2O2. The maximum atomic E-state index is 13.0. The van der Waals surface area contributed by atoms with Crippen molar-refractivity contribution >= 4 is 5.78 Å². The maximum Gasteiger partial charge on any atom is 0.184 e. The number of hydrogen-bond donors (Lipinski definition) is 0. The summed E-state index contributed by atoms with van der Waals surface area (Å²) >= 11 is 0. The third-order valence-electron chi connectivity index (χ3n) is 4.57. The largest absolute Gasteiger partial charge is 0.493 e. The van der Waals surface area contributed by atoms with Gasteiger partial charge >= 0.3 is 0 Å². The second-order valence-electron chi connectivity index (χ2n) is 6.22. The molecule has 3 rings (SSSR count). The third-order valence-corrected chi connectivity index (χ3v) is 4.57. The van der Waals surface area contributed by atoms with Crippen LogP contribution in [0.25, 0.3) is 0 Å². The second-order valence-corrected chi connectivity index (χ2v) is 6.22. The van der Waals surface area contributed by atoms with Crippen molar-refractivity contribution in [1.29, 1.82) is 0 Å². The molecule has 0 radical (unpaired) electrons. The van der Waals surface area contributed by atoms with E-state index in [1.54, 1.807) is 0 Å². The van der Waals surface area contributed by atoms with Crippen LogP contribution in [0.3, 0.4) is 0 Å². The molecule has 1 atom stereocenters. The second kappa shape index (κ2) is 6.16. The number of benzene rings is 1. The molecule has 2 aliphatic rings. The van der Waals surface area contributed by atoms with Crippen molar-refractivity contribution in [3.8, 4) is 5.75 Å². The van der Waals surface area contributed by atoms with E-state index in [0.29, 0.717) is 0 Å². The Bertz CT molecular complexity index is 530. The van der Waals surface area contributed by atoms with Gasteiger partial charge in [-0.1, -0.05) is 12.1 Å². The fourth-order valence-corrected chi connectivity index (χ4v) is 3.32. The zero-order chi connectivity index (χ0) is 14.8. The lowest BCUT2D eigenvalue weighted by Crippen LogP contribution is -2.43. The van der Waals surface area contributed by atoms with Gasteiger partial charge in [-0.15, -0.1) is 0 Å². The Morgan fingerprint density at radius 1 is 1.24 bits per heavy atom. The van der Waals surface area contributed by atoms with E-state index in [1.807, 2.05) is 12.1 Å². The molecule has 0 N–H and O–H groups in total. The van der Waals surface area contributed by atoms with E-state index < -0.39 is 0 Å². The molecule has 0 aliphatic carbocycles. The molecule has 0 aromatic heterocycles. The minimum Gasteiger partial charge on any atom is -0.493 e. The fourth-order valence-electron chi connectivity index (χ4n) is 3.32. The summed E-state index contributed by atoms with van der Waals surface area (Å²) in [6.45, 7) is 3.53. The number of para-hydroxylation sites is 1. The predicted octanol–water partition coefficient (Wildman–Crippen LogP) is 1.83. The summed E-state index contributed by atoms with van der Waals surface area (Å²) in [7, 11) is 4.15. The molecule has 1 aromatic rings. The highest BCUT2D eigenvalue weighted by atomic mass is 16.5. The van der Waals surface area contributed by atoms with Gasteiger partial charge in [-0.25, -0.2) is 0 Å². The highest BCUT2D eigenvalue weighted by molar-refractivity contribution is 6.03. The standard InChI is InChI=1S/C17H24N2O2/c1-18-9-5-10-19(2)15(12-18)16(20)14-8-3-6-13-7-4-11-21-17(13)14/h3,6,8,15H,4-5,7,9-12H2,1-2H3. The number of carbonyl (C=O) groups is 1. The zero-order valence-electron chi connectivity index (χ0n) is 13.0. The van der Waals surface area contributed by atoms with E-state index in [4.69, 9.17) is 4.74 Å². The molecule has 1 fully saturated rings. The smallest absolute Gasteiger partial charge is 0.184 e. The number of aryl methyl sites for hydroxylation is 1. The molecule has 114 valence electrons. The molecule has 0 spiro atoms. The van der Waals surface area contributed by atoms with Gasteiger partial charge in [0.05, 0.1) is 18.2 Å². The molecule has 0 amide bonds. The number of carbonyl (C=O) groups excluding carboxylic acids is 1. The van der Waals surface area contributed by atoms with Crippen LogP contribution in [0.1, 0.15) is 28.8 Å². The van der Waals surface area contributed by atoms with Crippen molar-refractivity contribution in [2.75, 3.05) is 40.3 Å². The van der Waals surface area contributed by atoms with E-state index in [2.05, 4.69) is 30.0 Å². The fraction of sp³-hybridized carbons (Fsp3) is 0.588. The summed E-state index contributed by atoms with van der Waals surface area (Å²) in [5.74, 6) is 1.03. The summed E-state index contributed by atoms with van der Waals surface area (Å²) in [5.41, 5.74) is 1.94. The molecule has 4 nitrogen and oxygen atoms in total. The highest BCUT2D eigenvalue weighted by Crippen LogP contribution is 2.30. The number of nitrogens with zero attached hydrogens (tertiary/aromatic N) is 2. The summed E-state index contributed by atoms with van der Waals surface area (Å²) in [5, 5.41) is 0. The Kier molecular flexibility index (Phi) is 4.27. The van der Waals surface area contributed by atoms with Crippen molar-refractivity contribution in [3.63, 3.8) is 0 Å². The van der Waals surface area contributed by atoms with Crippen LogP contribution in [0.2, 0.25) is 0 Å². The lowest BCUT2D eigenvalue weighted by atomic mass is 9.96. The minimum absolute atomic E-state index is 0.0745. The van der Waals surface area contributed by atoms with E-state index in [0.717, 1.165) is 56.8 Å². The minimum atomic E-state index is -0.0745. The molecule has 1 saturated heterocycles. The topological polar surface area (TPSA) is 32.8 Å². The first-order chi connectivity index (χ1) is 10.2. The first-order valence-corrected chi connectivity index (χ1v) is 7.84.